The number of aromatic nitrogens is 2. The van der Waals surface area contributed by atoms with Crippen molar-refractivity contribution < 1.29 is 4.74 Å². The number of nitrogens with zero attached hydrogens (tertiary/aromatic N) is 1. The molecule has 0 aliphatic carbocycles. The van der Waals surface area contributed by atoms with E-state index in [4.69, 9.17) is 17.0 Å². The molecule has 1 N–H and O–H groups in total. The van der Waals surface area contributed by atoms with Crippen LogP contribution < -0.4 is 4.74 Å². The third-order valence-electron chi connectivity index (χ3n) is 3.32. The number of rotatable bonds is 2. The van der Waals surface area contributed by atoms with Crippen molar-refractivity contribution in [2.45, 2.75) is 6.92 Å². The second-order valence-electron chi connectivity index (χ2n) is 4.55. The van der Waals surface area contributed by atoms with E-state index in [1.165, 1.54) is 5.56 Å². The molecular formula is C15H13BrN2OS. The second-order valence-corrected chi connectivity index (χ2v) is 5.79. The Morgan fingerprint density at radius 2 is 2.05 bits per heavy atom. The Hall–Kier alpha value is -1.59. The molecule has 0 atom stereocenters. The minimum atomic E-state index is 0.670. The van der Waals surface area contributed by atoms with Crippen LogP contribution in [0.3, 0.4) is 0 Å². The number of nitrogens with one attached hydrogen (secondary N) is 1. The molecule has 0 saturated heterocycles. The fourth-order valence-corrected chi connectivity index (χ4v) is 3.03. The van der Waals surface area contributed by atoms with Gasteiger partial charge in [-0.1, -0.05) is 12.1 Å². The van der Waals surface area contributed by atoms with Crippen LogP contribution in [-0.2, 0) is 0 Å². The highest BCUT2D eigenvalue weighted by Gasteiger charge is 2.11. The van der Waals surface area contributed by atoms with Gasteiger partial charge < -0.3 is 9.72 Å². The smallest absolute Gasteiger partial charge is 0.182 e. The van der Waals surface area contributed by atoms with E-state index in [-0.39, 0.29) is 0 Å². The summed E-state index contributed by atoms with van der Waals surface area (Å²) in [6.45, 7) is 2.07. The third-order valence-corrected chi connectivity index (χ3v) is 4.28. The monoisotopic (exact) mass is 348 g/mol. The molecule has 0 unspecified atom stereocenters. The number of fused-ring (bicyclic) bond motifs is 1. The zero-order chi connectivity index (χ0) is 14.3. The fraction of sp³-hybridized carbons (Fsp3) is 0.133. The van der Waals surface area contributed by atoms with Gasteiger partial charge in [0, 0.05) is 10.5 Å². The number of H-pyrrole nitrogens is 1. The summed E-state index contributed by atoms with van der Waals surface area (Å²) < 4.78 is 8.96. The second kappa shape index (κ2) is 5.07. The van der Waals surface area contributed by atoms with Crippen molar-refractivity contribution >= 4 is 39.2 Å². The van der Waals surface area contributed by atoms with Gasteiger partial charge in [-0.2, -0.15) is 0 Å². The van der Waals surface area contributed by atoms with Gasteiger partial charge in [0.25, 0.3) is 0 Å². The molecule has 3 nitrogen and oxygen atoms in total. The van der Waals surface area contributed by atoms with Crippen molar-refractivity contribution in [3.63, 3.8) is 0 Å². The molecular weight excluding hydrogens is 336 g/mol. The highest BCUT2D eigenvalue weighted by atomic mass is 79.9. The average molecular weight is 349 g/mol. The SMILES string of the molecule is COc1ccc(Br)c(-n2c(=S)[nH]c3c(C)cccc32)c1. The largest absolute Gasteiger partial charge is 0.497 e. The highest BCUT2D eigenvalue weighted by Crippen LogP contribution is 2.30. The summed E-state index contributed by atoms with van der Waals surface area (Å²) in [6, 6.07) is 12.0. The summed E-state index contributed by atoms with van der Waals surface area (Å²) >= 11 is 9.06. The number of aryl methyl sites for hydroxylation is 1. The number of hydrogen-bond acceptors (Lipinski definition) is 2. The van der Waals surface area contributed by atoms with Crippen molar-refractivity contribution in [1.29, 1.82) is 0 Å². The van der Waals surface area contributed by atoms with Crippen LogP contribution in [-0.4, -0.2) is 16.7 Å². The number of benzene rings is 2. The third kappa shape index (κ3) is 2.07. The van der Waals surface area contributed by atoms with Gasteiger partial charge in [0.2, 0.25) is 0 Å². The molecule has 0 aliphatic heterocycles. The normalized spacial score (nSPS) is 10.9. The van der Waals surface area contributed by atoms with Crippen LogP contribution in [0.1, 0.15) is 5.56 Å². The minimum Gasteiger partial charge on any atom is -0.497 e. The lowest BCUT2D eigenvalue weighted by atomic mass is 10.2. The minimum absolute atomic E-state index is 0.670. The van der Waals surface area contributed by atoms with Crippen LogP contribution >= 0.6 is 28.1 Å². The maximum absolute atomic E-state index is 5.48. The molecule has 2 aromatic carbocycles. The Kier molecular flexibility index (Phi) is 3.40. The average Bonchev–Trinajstić information content (AvgIpc) is 2.77. The molecule has 0 amide bonds. The molecule has 0 aliphatic rings. The predicted octanol–water partition coefficient (Wildman–Crippen LogP) is 4.77. The molecule has 0 spiro atoms. The van der Waals surface area contributed by atoms with E-state index in [9.17, 15) is 0 Å². The Labute approximate surface area is 130 Å². The molecule has 0 fully saturated rings. The first-order valence-corrected chi connectivity index (χ1v) is 7.36. The zero-order valence-electron chi connectivity index (χ0n) is 11.1. The van der Waals surface area contributed by atoms with Crippen molar-refractivity contribution in [3.05, 3.63) is 51.2 Å². The van der Waals surface area contributed by atoms with E-state index < -0.39 is 0 Å². The van der Waals surface area contributed by atoms with Crippen LogP contribution in [0, 0.1) is 11.7 Å². The van der Waals surface area contributed by atoms with Gasteiger partial charge in [0.1, 0.15) is 5.75 Å². The van der Waals surface area contributed by atoms with Crippen LogP contribution in [0.4, 0.5) is 0 Å². The van der Waals surface area contributed by atoms with Crippen LogP contribution in [0.5, 0.6) is 5.75 Å². The van der Waals surface area contributed by atoms with Crippen molar-refractivity contribution in [3.8, 4) is 11.4 Å². The number of para-hydroxylation sites is 1. The first-order valence-electron chi connectivity index (χ1n) is 6.16. The Balaban J connectivity index is 2.38. The van der Waals surface area contributed by atoms with E-state index in [1.807, 2.05) is 28.8 Å². The van der Waals surface area contributed by atoms with Gasteiger partial charge in [-0.25, -0.2) is 0 Å². The fourth-order valence-electron chi connectivity index (χ4n) is 2.30. The highest BCUT2D eigenvalue weighted by molar-refractivity contribution is 9.10. The van der Waals surface area contributed by atoms with Gasteiger partial charge in [-0.3, -0.25) is 4.57 Å². The van der Waals surface area contributed by atoms with Gasteiger partial charge in [0.15, 0.2) is 4.77 Å². The molecule has 0 bridgehead atoms. The zero-order valence-corrected chi connectivity index (χ0v) is 13.5. The Morgan fingerprint density at radius 1 is 1.25 bits per heavy atom. The maximum Gasteiger partial charge on any atom is 0.182 e. The summed E-state index contributed by atoms with van der Waals surface area (Å²) in [5, 5.41) is 0. The summed E-state index contributed by atoms with van der Waals surface area (Å²) in [5.41, 5.74) is 4.26. The number of ether oxygens (including phenoxy) is 1. The summed E-state index contributed by atoms with van der Waals surface area (Å²) in [6.07, 6.45) is 0. The molecule has 5 heteroatoms. The van der Waals surface area contributed by atoms with Crippen LogP contribution in [0.25, 0.3) is 16.7 Å². The van der Waals surface area contributed by atoms with E-state index in [2.05, 4.69) is 40.0 Å². The summed E-state index contributed by atoms with van der Waals surface area (Å²) in [7, 11) is 1.66. The number of aromatic amines is 1. The molecule has 1 heterocycles. The van der Waals surface area contributed by atoms with Crippen molar-refractivity contribution in [1.82, 2.24) is 9.55 Å². The molecule has 20 heavy (non-hydrogen) atoms. The van der Waals surface area contributed by atoms with E-state index in [0.717, 1.165) is 26.9 Å². The Morgan fingerprint density at radius 3 is 2.80 bits per heavy atom. The van der Waals surface area contributed by atoms with Gasteiger partial charge in [-0.15, -0.1) is 0 Å². The van der Waals surface area contributed by atoms with Crippen molar-refractivity contribution in [2.24, 2.45) is 0 Å². The van der Waals surface area contributed by atoms with Crippen molar-refractivity contribution in [2.75, 3.05) is 7.11 Å². The first kappa shape index (κ1) is 13.4. The number of halogens is 1. The maximum atomic E-state index is 5.48. The lowest BCUT2D eigenvalue weighted by Gasteiger charge is -2.09. The quantitative estimate of drug-likeness (QED) is 0.676. The molecule has 1 aromatic heterocycles. The van der Waals surface area contributed by atoms with E-state index >= 15 is 0 Å². The lowest BCUT2D eigenvalue weighted by Crippen LogP contribution is -1.96. The topological polar surface area (TPSA) is 29.9 Å². The number of hydrogen-bond donors (Lipinski definition) is 1. The predicted molar refractivity (Wildman–Crippen MR) is 87.4 cm³/mol. The van der Waals surface area contributed by atoms with E-state index in [0.29, 0.717) is 4.77 Å². The molecule has 0 radical (unpaired) electrons. The first-order chi connectivity index (χ1) is 9.61. The standard InChI is InChI=1S/C15H13BrN2OS/c1-9-4-3-5-12-14(9)17-15(20)18(12)13-8-10(19-2)6-7-11(13)16/h3-8H,1-2H3,(H,17,20). The van der Waals surface area contributed by atoms with E-state index in [1.54, 1.807) is 7.11 Å². The van der Waals surface area contributed by atoms with Gasteiger partial charge in [-0.05, 0) is 58.8 Å². The number of methoxy groups -OCH3 is 1. The summed E-state index contributed by atoms with van der Waals surface area (Å²) in [5.74, 6) is 0.798. The Bertz CT molecular complexity index is 851. The number of imidazole rings is 1. The molecule has 102 valence electrons. The van der Waals surface area contributed by atoms with Gasteiger partial charge >= 0.3 is 0 Å². The molecule has 3 rings (SSSR count). The van der Waals surface area contributed by atoms with Crippen LogP contribution in [0.2, 0.25) is 0 Å². The van der Waals surface area contributed by atoms with Crippen LogP contribution in [0.15, 0.2) is 40.9 Å². The van der Waals surface area contributed by atoms with Gasteiger partial charge in [0.05, 0.1) is 23.8 Å². The lowest BCUT2D eigenvalue weighted by molar-refractivity contribution is 0.414. The molecule has 3 aromatic rings. The summed E-state index contributed by atoms with van der Waals surface area (Å²) in [4.78, 5) is 3.27. The molecule has 0 saturated carbocycles.